The maximum absolute atomic E-state index is 10.7. The zero-order valence-corrected chi connectivity index (χ0v) is 7.73. The average molecular weight is 182 g/mol. The van der Waals surface area contributed by atoms with Crippen molar-refractivity contribution in [3.05, 3.63) is 17.0 Å². The van der Waals surface area contributed by atoms with Crippen molar-refractivity contribution in [2.45, 2.75) is 12.2 Å². The number of hydrogen-bond donors (Lipinski definition) is 0. The zero-order chi connectivity index (χ0) is 8.55. The molecule has 0 bridgehead atoms. The molecule has 0 amide bonds. The molecular weight excluding hydrogens is 172 g/mol. The van der Waals surface area contributed by atoms with E-state index in [1.807, 2.05) is 18.8 Å². The third kappa shape index (κ3) is 1.06. The van der Waals surface area contributed by atoms with Crippen molar-refractivity contribution in [1.29, 1.82) is 0 Å². The number of fused-ring (bicyclic) bond motifs is 1. The molecule has 0 unspecified atom stereocenters. The van der Waals surface area contributed by atoms with Crippen LogP contribution in [0.5, 0.6) is 0 Å². The molecule has 12 heavy (non-hydrogen) atoms. The van der Waals surface area contributed by atoms with Crippen molar-refractivity contribution < 1.29 is 4.79 Å². The van der Waals surface area contributed by atoms with Gasteiger partial charge >= 0.3 is 0 Å². The summed E-state index contributed by atoms with van der Waals surface area (Å²) in [6.07, 6.45) is 1.89. The topological polar surface area (TPSA) is 34.9 Å². The third-order valence-corrected chi connectivity index (χ3v) is 3.09. The molecule has 0 fully saturated rings. The lowest BCUT2D eigenvalue weighted by molar-refractivity contribution is 0.111. The Morgan fingerprint density at radius 1 is 1.67 bits per heavy atom. The maximum atomic E-state index is 10.7. The van der Waals surface area contributed by atoms with Crippen LogP contribution in [0.15, 0.2) is 0 Å². The minimum atomic E-state index is 0.755. The van der Waals surface area contributed by atoms with E-state index in [1.165, 1.54) is 0 Å². The van der Waals surface area contributed by atoms with Crippen molar-refractivity contribution in [3.63, 3.8) is 0 Å². The van der Waals surface area contributed by atoms with Crippen LogP contribution < -0.4 is 0 Å². The summed E-state index contributed by atoms with van der Waals surface area (Å²) in [5, 5.41) is 4.29. The highest BCUT2D eigenvalue weighted by Gasteiger charge is 2.18. The Morgan fingerprint density at radius 3 is 3.25 bits per heavy atom. The van der Waals surface area contributed by atoms with Crippen LogP contribution in [-0.2, 0) is 19.2 Å². The Hall–Kier alpha value is -0.770. The van der Waals surface area contributed by atoms with Gasteiger partial charge in [0, 0.05) is 18.4 Å². The number of aromatic nitrogens is 2. The summed E-state index contributed by atoms with van der Waals surface area (Å²) < 4.78 is 1.68. The fourth-order valence-corrected chi connectivity index (χ4v) is 2.44. The molecule has 0 radical (unpaired) electrons. The Labute approximate surface area is 75.1 Å². The minimum Gasteiger partial charge on any atom is -0.296 e. The van der Waals surface area contributed by atoms with Gasteiger partial charge in [0.05, 0.1) is 5.69 Å². The van der Waals surface area contributed by atoms with E-state index < -0.39 is 0 Å². The Balaban J connectivity index is 2.53. The molecule has 1 aliphatic rings. The second kappa shape index (κ2) is 2.94. The van der Waals surface area contributed by atoms with Crippen molar-refractivity contribution >= 4 is 18.0 Å². The first-order valence-electron chi connectivity index (χ1n) is 3.90. The van der Waals surface area contributed by atoms with Gasteiger partial charge in [-0.1, -0.05) is 0 Å². The number of rotatable bonds is 1. The van der Waals surface area contributed by atoms with Crippen LogP contribution in [0.1, 0.15) is 21.7 Å². The maximum Gasteiger partial charge on any atom is 0.168 e. The quantitative estimate of drug-likeness (QED) is 0.608. The van der Waals surface area contributed by atoms with Crippen molar-refractivity contribution in [2.24, 2.45) is 7.05 Å². The van der Waals surface area contributed by atoms with Crippen LogP contribution in [0.2, 0.25) is 0 Å². The zero-order valence-electron chi connectivity index (χ0n) is 6.91. The molecule has 4 heteroatoms. The second-order valence-corrected chi connectivity index (χ2v) is 3.96. The summed E-state index contributed by atoms with van der Waals surface area (Å²) in [7, 11) is 1.83. The van der Waals surface area contributed by atoms with Gasteiger partial charge in [-0.15, -0.1) is 0 Å². The normalized spacial score (nSPS) is 15.8. The summed E-state index contributed by atoms with van der Waals surface area (Å²) in [6.45, 7) is 0. The van der Waals surface area contributed by atoms with Crippen LogP contribution in [-0.4, -0.2) is 21.8 Å². The fourth-order valence-electron chi connectivity index (χ4n) is 1.52. The van der Waals surface area contributed by atoms with Gasteiger partial charge in [0.25, 0.3) is 0 Å². The number of aldehydes is 1. The molecule has 2 rings (SSSR count). The van der Waals surface area contributed by atoms with Crippen molar-refractivity contribution in [1.82, 2.24) is 9.78 Å². The largest absolute Gasteiger partial charge is 0.296 e. The number of carbonyl (C=O) groups is 1. The molecule has 0 spiro atoms. The number of aryl methyl sites for hydroxylation is 1. The SMILES string of the molecule is Cn1nc2c(c1C=O)CCSC2. The Morgan fingerprint density at radius 2 is 2.50 bits per heavy atom. The van der Waals surface area contributed by atoms with Gasteiger partial charge in [-0.05, 0) is 12.2 Å². The first-order chi connectivity index (χ1) is 5.83. The highest BCUT2D eigenvalue weighted by molar-refractivity contribution is 7.98. The number of carbonyl (C=O) groups excluding carboxylic acids is 1. The molecule has 0 aromatic carbocycles. The molecule has 1 aliphatic heterocycles. The van der Waals surface area contributed by atoms with Gasteiger partial charge in [-0.2, -0.15) is 16.9 Å². The van der Waals surface area contributed by atoms with Gasteiger partial charge in [-0.3, -0.25) is 9.48 Å². The smallest absolute Gasteiger partial charge is 0.168 e. The van der Waals surface area contributed by atoms with Crippen molar-refractivity contribution in [3.8, 4) is 0 Å². The Bertz CT molecular complexity index is 319. The molecule has 0 saturated heterocycles. The summed E-state index contributed by atoms with van der Waals surface area (Å²) in [5.74, 6) is 2.07. The van der Waals surface area contributed by atoms with Crippen molar-refractivity contribution in [2.75, 3.05) is 5.75 Å². The van der Waals surface area contributed by atoms with E-state index in [4.69, 9.17) is 0 Å². The molecule has 0 atom stereocenters. The molecule has 0 aliphatic carbocycles. The number of nitrogens with zero attached hydrogens (tertiary/aromatic N) is 2. The van der Waals surface area contributed by atoms with E-state index in [9.17, 15) is 4.79 Å². The first-order valence-corrected chi connectivity index (χ1v) is 5.06. The molecule has 1 aromatic rings. The molecule has 1 aromatic heterocycles. The summed E-state index contributed by atoms with van der Waals surface area (Å²) in [4.78, 5) is 10.7. The predicted molar refractivity (Wildman–Crippen MR) is 48.5 cm³/mol. The highest BCUT2D eigenvalue weighted by atomic mass is 32.2. The van der Waals surface area contributed by atoms with Gasteiger partial charge in [0.15, 0.2) is 6.29 Å². The minimum absolute atomic E-state index is 0.755. The molecule has 64 valence electrons. The summed E-state index contributed by atoms with van der Waals surface area (Å²) in [6, 6.07) is 0. The average Bonchev–Trinajstić information content (AvgIpc) is 2.40. The molecule has 3 nitrogen and oxygen atoms in total. The van der Waals surface area contributed by atoms with Crippen LogP contribution >= 0.6 is 11.8 Å². The third-order valence-electron chi connectivity index (χ3n) is 2.12. The van der Waals surface area contributed by atoms with Crippen LogP contribution in [0.3, 0.4) is 0 Å². The lowest BCUT2D eigenvalue weighted by Crippen LogP contribution is -2.02. The predicted octanol–water partition coefficient (Wildman–Crippen LogP) is 1.02. The summed E-state index contributed by atoms with van der Waals surface area (Å²) in [5.41, 5.74) is 3.01. The summed E-state index contributed by atoms with van der Waals surface area (Å²) >= 11 is 1.88. The van der Waals surface area contributed by atoms with E-state index in [2.05, 4.69) is 5.10 Å². The fraction of sp³-hybridized carbons (Fsp3) is 0.500. The van der Waals surface area contributed by atoms with Crippen LogP contribution in [0.4, 0.5) is 0 Å². The number of hydrogen-bond acceptors (Lipinski definition) is 3. The van der Waals surface area contributed by atoms with E-state index in [-0.39, 0.29) is 0 Å². The lowest BCUT2D eigenvalue weighted by atomic mass is 10.1. The number of thioether (sulfide) groups is 1. The van der Waals surface area contributed by atoms with Gasteiger partial charge < -0.3 is 0 Å². The van der Waals surface area contributed by atoms with E-state index in [0.29, 0.717) is 0 Å². The molecule has 2 heterocycles. The van der Waals surface area contributed by atoms with Crippen LogP contribution in [0, 0.1) is 0 Å². The van der Waals surface area contributed by atoms with Gasteiger partial charge in [-0.25, -0.2) is 0 Å². The molecular formula is C8H10N2OS. The van der Waals surface area contributed by atoms with Crippen LogP contribution in [0.25, 0.3) is 0 Å². The first kappa shape index (κ1) is 7.86. The van der Waals surface area contributed by atoms with E-state index in [1.54, 1.807) is 4.68 Å². The van der Waals surface area contributed by atoms with E-state index in [0.717, 1.165) is 41.2 Å². The van der Waals surface area contributed by atoms with Gasteiger partial charge in [0.1, 0.15) is 5.69 Å². The second-order valence-electron chi connectivity index (χ2n) is 2.85. The molecule has 0 N–H and O–H groups in total. The van der Waals surface area contributed by atoms with Gasteiger partial charge in [0.2, 0.25) is 0 Å². The lowest BCUT2D eigenvalue weighted by Gasteiger charge is -2.08. The monoisotopic (exact) mass is 182 g/mol. The molecule has 0 saturated carbocycles. The standard InChI is InChI=1S/C8H10N2OS/c1-10-8(4-11)6-2-3-12-5-7(6)9-10/h4H,2-3,5H2,1H3. The Kier molecular flexibility index (Phi) is 1.92. The highest BCUT2D eigenvalue weighted by Crippen LogP contribution is 2.25. The van der Waals surface area contributed by atoms with E-state index >= 15 is 0 Å².